The molecule has 14 heavy (non-hydrogen) atoms. The first-order valence-electron chi connectivity index (χ1n) is 3.83. The second-order valence-electron chi connectivity index (χ2n) is 2.65. The molecular weight excluding hydrogens is 250 g/mol. The Labute approximate surface area is 87.8 Å². The molecule has 2 aromatic rings. The van der Waals surface area contributed by atoms with E-state index in [1.807, 2.05) is 0 Å². The number of carbonyl (C=O) groups excluding carboxylic acids is 1. The minimum atomic E-state index is -0.274. The van der Waals surface area contributed by atoms with Gasteiger partial charge in [0, 0.05) is 7.05 Å². The van der Waals surface area contributed by atoms with E-state index >= 15 is 0 Å². The minimum Gasteiger partial charge on any atom is -0.446 e. The van der Waals surface area contributed by atoms with Gasteiger partial charge in [0.15, 0.2) is 16.1 Å². The standard InChI is InChI=1S/C8H6BrN3O2/c1-12-10-4-5(11-12)8(13)6-2-3-7(9)14-6/h2-4H,1H3. The fourth-order valence-corrected chi connectivity index (χ4v) is 1.32. The highest BCUT2D eigenvalue weighted by Crippen LogP contribution is 2.16. The average molecular weight is 256 g/mol. The van der Waals surface area contributed by atoms with E-state index in [1.54, 1.807) is 19.2 Å². The lowest BCUT2D eigenvalue weighted by atomic mass is 10.2. The number of rotatable bonds is 2. The molecule has 0 aliphatic rings. The number of nitrogens with zero attached hydrogens (tertiary/aromatic N) is 3. The SMILES string of the molecule is Cn1ncc(C(=O)c2ccc(Br)o2)n1. The molecule has 0 amide bonds. The van der Waals surface area contributed by atoms with Gasteiger partial charge in [-0.15, -0.1) is 5.10 Å². The van der Waals surface area contributed by atoms with Crippen LogP contribution in [0.25, 0.3) is 0 Å². The van der Waals surface area contributed by atoms with Crippen LogP contribution in [0.1, 0.15) is 16.2 Å². The maximum atomic E-state index is 11.6. The smallest absolute Gasteiger partial charge is 0.250 e. The van der Waals surface area contributed by atoms with Crippen molar-refractivity contribution >= 4 is 21.7 Å². The van der Waals surface area contributed by atoms with Gasteiger partial charge in [0.1, 0.15) is 0 Å². The van der Waals surface area contributed by atoms with Gasteiger partial charge in [-0.2, -0.15) is 9.90 Å². The number of furan rings is 1. The molecule has 0 bridgehead atoms. The van der Waals surface area contributed by atoms with Crippen molar-refractivity contribution in [2.24, 2.45) is 7.05 Å². The van der Waals surface area contributed by atoms with Gasteiger partial charge in [0.25, 0.3) is 0 Å². The van der Waals surface area contributed by atoms with E-state index in [4.69, 9.17) is 4.42 Å². The Hall–Kier alpha value is -1.43. The van der Waals surface area contributed by atoms with Crippen molar-refractivity contribution < 1.29 is 9.21 Å². The zero-order chi connectivity index (χ0) is 10.1. The van der Waals surface area contributed by atoms with Crippen LogP contribution >= 0.6 is 15.9 Å². The third-order valence-electron chi connectivity index (χ3n) is 1.63. The fraction of sp³-hybridized carbons (Fsp3) is 0.125. The summed E-state index contributed by atoms with van der Waals surface area (Å²) in [7, 11) is 1.65. The van der Waals surface area contributed by atoms with Crippen molar-refractivity contribution in [1.82, 2.24) is 15.0 Å². The maximum Gasteiger partial charge on any atom is 0.250 e. The highest BCUT2D eigenvalue weighted by atomic mass is 79.9. The quantitative estimate of drug-likeness (QED) is 0.762. The van der Waals surface area contributed by atoms with Gasteiger partial charge >= 0.3 is 0 Å². The summed E-state index contributed by atoms with van der Waals surface area (Å²) in [6.07, 6.45) is 1.40. The molecule has 2 aromatic heterocycles. The van der Waals surface area contributed by atoms with Crippen LogP contribution in [0.2, 0.25) is 0 Å². The number of ketones is 1. The van der Waals surface area contributed by atoms with Gasteiger partial charge in [-0.1, -0.05) is 0 Å². The number of carbonyl (C=O) groups is 1. The first-order chi connectivity index (χ1) is 6.66. The van der Waals surface area contributed by atoms with Crippen LogP contribution in [0.3, 0.4) is 0 Å². The molecule has 0 fully saturated rings. The van der Waals surface area contributed by atoms with Crippen LogP contribution in [0.4, 0.5) is 0 Å². The highest BCUT2D eigenvalue weighted by molar-refractivity contribution is 9.10. The molecular formula is C8H6BrN3O2. The number of aromatic nitrogens is 3. The molecule has 0 saturated heterocycles. The molecule has 5 nitrogen and oxygen atoms in total. The lowest BCUT2D eigenvalue weighted by Crippen LogP contribution is -2.01. The Morgan fingerprint density at radius 1 is 1.57 bits per heavy atom. The average Bonchev–Trinajstić information content (AvgIpc) is 2.73. The van der Waals surface area contributed by atoms with Gasteiger partial charge in [-0.3, -0.25) is 4.79 Å². The van der Waals surface area contributed by atoms with Crippen LogP contribution in [0, 0.1) is 0 Å². The van der Waals surface area contributed by atoms with E-state index in [0.29, 0.717) is 4.67 Å². The molecule has 6 heteroatoms. The molecule has 0 N–H and O–H groups in total. The van der Waals surface area contributed by atoms with Crippen LogP contribution in [-0.4, -0.2) is 20.8 Å². The Bertz CT molecular complexity index is 432. The predicted molar refractivity (Wildman–Crippen MR) is 50.8 cm³/mol. The Balaban J connectivity index is 2.33. The van der Waals surface area contributed by atoms with Gasteiger partial charge in [0.05, 0.1) is 6.20 Å². The summed E-state index contributed by atoms with van der Waals surface area (Å²) in [5.41, 5.74) is 0.273. The molecule has 0 aliphatic heterocycles. The topological polar surface area (TPSA) is 60.9 Å². The van der Waals surface area contributed by atoms with E-state index in [0.717, 1.165) is 0 Å². The number of hydrogen-bond acceptors (Lipinski definition) is 4. The first-order valence-corrected chi connectivity index (χ1v) is 4.62. The molecule has 2 rings (SSSR count). The van der Waals surface area contributed by atoms with Crippen LogP contribution < -0.4 is 0 Å². The van der Waals surface area contributed by atoms with Crippen molar-refractivity contribution in [2.75, 3.05) is 0 Å². The predicted octanol–water partition coefficient (Wildman–Crippen LogP) is 1.40. The molecule has 0 atom stereocenters. The minimum absolute atomic E-state index is 0.248. The maximum absolute atomic E-state index is 11.6. The fourth-order valence-electron chi connectivity index (χ4n) is 1.01. The second-order valence-corrected chi connectivity index (χ2v) is 3.43. The van der Waals surface area contributed by atoms with Crippen LogP contribution in [0.5, 0.6) is 0 Å². The number of hydrogen-bond donors (Lipinski definition) is 0. The normalized spacial score (nSPS) is 10.4. The molecule has 0 saturated carbocycles. The summed E-state index contributed by atoms with van der Waals surface area (Å²) < 4.78 is 5.62. The zero-order valence-electron chi connectivity index (χ0n) is 7.27. The summed E-state index contributed by atoms with van der Waals surface area (Å²) >= 11 is 3.12. The Morgan fingerprint density at radius 3 is 2.86 bits per heavy atom. The van der Waals surface area contributed by atoms with Gasteiger partial charge in [-0.25, -0.2) is 0 Å². The van der Waals surface area contributed by atoms with Gasteiger partial charge < -0.3 is 4.42 Å². The van der Waals surface area contributed by atoms with Crippen molar-refractivity contribution in [3.8, 4) is 0 Å². The van der Waals surface area contributed by atoms with Crippen molar-refractivity contribution in [2.45, 2.75) is 0 Å². The summed E-state index contributed by atoms with van der Waals surface area (Å²) in [5.74, 6) is -0.0267. The van der Waals surface area contributed by atoms with Crippen LogP contribution in [-0.2, 0) is 7.05 Å². The molecule has 0 aromatic carbocycles. The van der Waals surface area contributed by atoms with Crippen molar-refractivity contribution in [3.63, 3.8) is 0 Å². The lowest BCUT2D eigenvalue weighted by molar-refractivity contribution is 0.100. The Morgan fingerprint density at radius 2 is 2.36 bits per heavy atom. The van der Waals surface area contributed by atoms with Crippen molar-refractivity contribution in [1.29, 1.82) is 0 Å². The van der Waals surface area contributed by atoms with E-state index in [9.17, 15) is 4.79 Å². The molecule has 0 aliphatic carbocycles. The Kier molecular flexibility index (Phi) is 2.20. The number of halogens is 1. The molecule has 0 radical (unpaired) electrons. The van der Waals surface area contributed by atoms with Crippen LogP contribution in [0.15, 0.2) is 27.4 Å². The lowest BCUT2D eigenvalue weighted by Gasteiger charge is -1.89. The highest BCUT2D eigenvalue weighted by Gasteiger charge is 2.16. The third kappa shape index (κ3) is 1.60. The summed E-state index contributed by atoms with van der Waals surface area (Å²) in [6.45, 7) is 0. The monoisotopic (exact) mass is 255 g/mol. The molecule has 0 spiro atoms. The molecule has 0 unspecified atom stereocenters. The second kappa shape index (κ2) is 3.38. The molecule has 2 heterocycles. The summed E-state index contributed by atoms with van der Waals surface area (Å²) in [4.78, 5) is 13.0. The largest absolute Gasteiger partial charge is 0.446 e. The summed E-state index contributed by atoms with van der Waals surface area (Å²) in [5, 5.41) is 7.68. The van der Waals surface area contributed by atoms with Gasteiger partial charge in [0.2, 0.25) is 5.78 Å². The van der Waals surface area contributed by atoms with Crippen molar-refractivity contribution in [3.05, 3.63) is 34.5 Å². The van der Waals surface area contributed by atoms with E-state index in [1.165, 1.54) is 11.0 Å². The zero-order valence-corrected chi connectivity index (χ0v) is 8.85. The number of aryl methyl sites for hydroxylation is 1. The third-order valence-corrected chi connectivity index (χ3v) is 2.06. The summed E-state index contributed by atoms with van der Waals surface area (Å²) in [6, 6.07) is 3.24. The van der Waals surface area contributed by atoms with Gasteiger partial charge in [-0.05, 0) is 28.1 Å². The first kappa shape index (κ1) is 9.14. The van der Waals surface area contributed by atoms with E-state index in [-0.39, 0.29) is 17.2 Å². The van der Waals surface area contributed by atoms with E-state index in [2.05, 4.69) is 26.1 Å². The molecule has 72 valence electrons. The van der Waals surface area contributed by atoms with E-state index < -0.39 is 0 Å².